The maximum absolute atomic E-state index is 13.6. The third-order valence-electron chi connectivity index (χ3n) is 9.01. The molecule has 15 N–H and O–H groups in total. The first-order chi connectivity index (χ1) is 28.1. The average Bonchev–Trinajstić information content (AvgIpc) is 3.15. The number of carbonyl (C=O) groups excluding carboxylic acids is 7. The van der Waals surface area contributed by atoms with Gasteiger partial charge in [0.2, 0.25) is 41.4 Å². The summed E-state index contributed by atoms with van der Waals surface area (Å²) in [6, 6.07) is -2.07. The number of nitrogens with one attached hydrogen (secondary N) is 6. The predicted octanol–water partition coefficient (Wildman–Crippen LogP) is -1.76. The Hall–Kier alpha value is -5.83. The van der Waals surface area contributed by atoms with E-state index in [0.717, 1.165) is 0 Å². The number of phenolic OH excluding ortho intramolecular Hbond substituents is 1. The smallest absolute Gasteiger partial charge is 0.326 e. The number of nitrogens with two attached hydrogens (primary N) is 3. The van der Waals surface area contributed by atoms with Crippen LogP contribution in [0.1, 0.15) is 91.0 Å². The fourth-order valence-electron chi connectivity index (χ4n) is 5.87. The molecule has 21 heteroatoms. The Morgan fingerprint density at radius 3 is 1.62 bits per heavy atom. The van der Waals surface area contributed by atoms with Gasteiger partial charge in [-0.15, -0.1) is 0 Å². The van der Waals surface area contributed by atoms with Gasteiger partial charge < -0.3 is 64.4 Å². The normalized spacial score (nSPS) is 14.1. The number of hydrogen-bond donors (Lipinski definition) is 12. The maximum Gasteiger partial charge on any atom is 0.326 e. The first kappa shape index (κ1) is 52.2. The number of carboxylic acids is 2. The molecule has 60 heavy (non-hydrogen) atoms. The van der Waals surface area contributed by atoms with Crippen LogP contribution >= 0.6 is 0 Å². The Labute approximate surface area is 349 Å². The van der Waals surface area contributed by atoms with Crippen LogP contribution in [0.5, 0.6) is 5.75 Å². The van der Waals surface area contributed by atoms with Gasteiger partial charge in [-0.25, -0.2) is 4.79 Å². The van der Waals surface area contributed by atoms with E-state index in [2.05, 4.69) is 31.9 Å². The second kappa shape index (κ2) is 27.0. The van der Waals surface area contributed by atoms with E-state index in [-0.39, 0.29) is 56.1 Å². The van der Waals surface area contributed by atoms with Gasteiger partial charge in [-0.2, -0.15) is 0 Å². The minimum atomic E-state index is -1.53. The third-order valence-corrected chi connectivity index (χ3v) is 9.01. The van der Waals surface area contributed by atoms with Crippen LogP contribution in [0.3, 0.4) is 0 Å². The minimum absolute atomic E-state index is 0.0269. The van der Waals surface area contributed by atoms with E-state index in [9.17, 15) is 58.5 Å². The molecule has 1 aromatic carbocycles. The largest absolute Gasteiger partial charge is 0.508 e. The molecule has 0 aromatic heterocycles. The van der Waals surface area contributed by atoms with Crippen molar-refractivity contribution in [3.05, 3.63) is 29.8 Å². The highest BCUT2D eigenvalue weighted by Crippen LogP contribution is 2.13. The molecule has 0 aliphatic rings. The molecule has 0 unspecified atom stereocenters. The van der Waals surface area contributed by atoms with Crippen LogP contribution in [0.25, 0.3) is 0 Å². The van der Waals surface area contributed by atoms with Crippen molar-refractivity contribution in [2.75, 3.05) is 13.1 Å². The summed E-state index contributed by atoms with van der Waals surface area (Å²) in [6.45, 7) is 6.79. The molecule has 7 amide bonds. The van der Waals surface area contributed by atoms with Crippen molar-refractivity contribution < 1.29 is 58.5 Å². The molecule has 0 radical (unpaired) electrons. The number of aromatic hydroxyl groups is 1. The summed E-state index contributed by atoms with van der Waals surface area (Å²) in [7, 11) is 0. The number of rotatable bonds is 29. The molecule has 0 heterocycles. The number of aliphatic carboxylic acids is 2. The SMILES string of the molecule is CC(C)C[C@H](NC(=O)[C@H](CCC(=O)O)NC(=O)[C@H](CCC(N)=O)NC(=O)[C@@H](N)CC(C)C)C(=O)NCC(=O)N[C@@H](CCCCN)C(=O)N[C@@H](Cc1ccc(O)cc1)C(=O)O. The highest BCUT2D eigenvalue weighted by Gasteiger charge is 2.32. The molecule has 336 valence electrons. The second-order valence-electron chi connectivity index (χ2n) is 15.4. The molecule has 1 rings (SSSR count). The van der Waals surface area contributed by atoms with Crippen LogP contribution in [0.2, 0.25) is 0 Å². The summed E-state index contributed by atoms with van der Waals surface area (Å²) >= 11 is 0. The molecular weight excluding hydrogens is 786 g/mol. The molecule has 0 bridgehead atoms. The zero-order chi connectivity index (χ0) is 45.5. The Morgan fingerprint density at radius 1 is 0.617 bits per heavy atom. The van der Waals surface area contributed by atoms with E-state index in [4.69, 9.17) is 17.2 Å². The second-order valence-corrected chi connectivity index (χ2v) is 15.4. The molecule has 0 fully saturated rings. The van der Waals surface area contributed by atoms with Crippen molar-refractivity contribution in [2.45, 2.75) is 128 Å². The van der Waals surface area contributed by atoms with Crippen LogP contribution in [-0.4, -0.2) is 118 Å². The lowest BCUT2D eigenvalue weighted by Crippen LogP contribution is -2.58. The third kappa shape index (κ3) is 21.3. The van der Waals surface area contributed by atoms with Gasteiger partial charge in [0.25, 0.3) is 0 Å². The Balaban J connectivity index is 3.14. The Morgan fingerprint density at radius 2 is 1.12 bits per heavy atom. The fourth-order valence-corrected chi connectivity index (χ4v) is 5.87. The molecule has 0 saturated carbocycles. The van der Waals surface area contributed by atoms with Crippen LogP contribution < -0.4 is 49.1 Å². The van der Waals surface area contributed by atoms with Gasteiger partial charge in [0, 0.05) is 19.3 Å². The van der Waals surface area contributed by atoms with Gasteiger partial charge in [-0.1, -0.05) is 39.8 Å². The van der Waals surface area contributed by atoms with Gasteiger partial charge in [0.05, 0.1) is 12.6 Å². The highest BCUT2D eigenvalue weighted by molar-refractivity contribution is 5.96. The molecule has 0 aliphatic heterocycles. The molecule has 0 spiro atoms. The summed E-state index contributed by atoms with van der Waals surface area (Å²) < 4.78 is 0. The standard InChI is InChI=1S/C39H63N9O12/c1-21(2)17-25(41)34(54)45-27(12-14-31(42)50)37(57)46-28(13-15-33(52)53)38(58)47-29(18-22(3)4)35(55)43-20-32(51)44-26(7-5-6-16-40)36(56)48-30(39(59)60)19-23-8-10-24(49)11-9-23/h8-11,21-22,25-30,49H,5-7,12-20,40-41H2,1-4H3,(H2,42,50)(H,43,55)(H,44,51)(H,45,54)(H,46,57)(H,47,58)(H,48,56)(H,52,53)(H,59,60)/t25-,26-,27-,28-,29-,30-/m0/s1. The number of phenols is 1. The zero-order valence-corrected chi connectivity index (χ0v) is 34.7. The topological polar surface area (TPSA) is 365 Å². The van der Waals surface area contributed by atoms with Gasteiger partial charge >= 0.3 is 11.9 Å². The van der Waals surface area contributed by atoms with Crippen LogP contribution in [0, 0.1) is 11.8 Å². The fraction of sp³-hybridized carbons (Fsp3) is 0.615. The summed E-state index contributed by atoms with van der Waals surface area (Å²) in [5.41, 5.74) is 17.3. The first-order valence-electron chi connectivity index (χ1n) is 19.9. The monoisotopic (exact) mass is 849 g/mol. The Bertz CT molecular complexity index is 1620. The summed E-state index contributed by atoms with van der Waals surface area (Å²) in [5, 5.41) is 43.4. The number of unbranched alkanes of at least 4 members (excludes halogenated alkanes) is 1. The number of carboxylic acid groups (broad SMARTS) is 2. The molecular formula is C39H63N9O12. The molecule has 21 nitrogen and oxygen atoms in total. The summed E-state index contributed by atoms with van der Waals surface area (Å²) in [6.07, 6.45) is -0.434. The molecule has 0 saturated heterocycles. The van der Waals surface area contributed by atoms with Crippen molar-refractivity contribution in [3.8, 4) is 5.75 Å². The number of benzene rings is 1. The maximum atomic E-state index is 13.6. The number of carbonyl (C=O) groups is 9. The summed E-state index contributed by atoms with van der Waals surface area (Å²) in [4.78, 5) is 115. The van der Waals surface area contributed by atoms with Crippen molar-refractivity contribution in [2.24, 2.45) is 29.0 Å². The quantitative estimate of drug-likeness (QED) is 0.0398. The molecule has 6 atom stereocenters. The van der Waals surface area contributed by atoms with Crippen molar-refractivity contribution in [1.29, 1.82) is 0 Å². The van der Waals surface area contributed by atoms with E-state index < -0.39 is 109 Å². The van der Waals surface area contributed by atoms with E-state index in [0.29, 0.717) is 24.9 Å². The predicted molar refractivity (Wildman–Crippen MR) is 217 cm³/mol. The summed E-state index contributed by atoms with van der Waals surface area (Å²) in [5.74, 6) is -8.64. The van der Waals surface area contributed by atoms with Crippen molar-refractivity contribution in [1.82, 2.24) is 31.9 Å². The molecule has 0 aliphatic carbocycles. The highest BCUT2D eigenvalue weighted by atomic mass is 16.4. The lowest BCUT2D eigenvalue weighted by molar-refractivity contribution is -0.142. The van der Waals surface area contributed by atoms with E-state index in [1.807, 2.05) is 13.8 Å². The zero-order valence-electron chi connectivity index (χ0n) is 34.7. The first-order valence-corrected chi connectivity index (χ1v) is 19.9. The van der Waals surface area contributed by atoms with Crippen LogP contribution in [0.15, 0.2) is 24.3 Å². The van der Waals surface area contributed by atoms with E-state index in [1.165, 1.54) is 24.3 Å². The van der Waals surface area contributed by atoms with E-state index in [1.54, 1.807) is 13.8 Å². The lowest BCUT2D eigenvalue weighted by atomic mass is 10.0. The van der Waals surface area contributed by atoms with Crippen LogP contribution in [0.4, 0.5) is 0 Å². The number of hydrogen-bond acceptors (Lipinski definition) is 12. The number of primary amides is 1. The Kier molecular flexibility index (Phi) is 23.5. The van der Waals surface area contributed by atoms with Crippen LogP contribution in [-0.2, 0) is 49.6 Å². The number of amides is 7. The molecule has 1 aromatic rings. The van der Waals surface area contributed by atoms with Gasteiger partial charge in [-0.3, -0.25) is 38.4 Å². The van der Waals surface area contributed by atoms with Crippen molar-refractivity contribution in [3.63, 3.8) is 0 Å². The van der Waals surface area contributed by atoms with Crippen molar-refractivity contribution >= 4 is 53.3 Å². The van der Waals surface area contributed by atoms with Gasteiger partial charge in [0.15, 0.2) is 0 Å². The minimum Gasteiger partial charge on any atom is -0.508 e. The lowest BCUT2D eigenvalue weighted by Gasteiger charge is -2.26. The van der Waals surface area contributed by atoms with E-state index >= 15 is 0 Å². The van der Waals surface area contributed by atoms with Gasteiger partial charge in [-0.05, 0) is 81.0 Å². The average molecular weight is 850 g/mol. The van der Waals surface area contributed by atoms with Gasteiger partial charge in [0.1, 0.15) is 36.0 Å².